The Morgan fingerprint density at radius 3 is 2.61 bits per heavy atom. The molecular formula is C13H10BrF3N2O4. The van der Waals surface area contributed by atoms with E-state index in [4.69, 9.17) is 5.11 Å². The lowest BCUT2D eigenvalue weighted by atomic mass is 10.3. The SMILES string of the molecule is O=C1C=C(Nc2cc(OC(F)(F)F)ccc2Br)C(=O)N1CCO. The summed E-state index contributed by atoms with van der Waals surface area (Å²) in [4.78, 5) is 24.4. The third kappa shape index (κ3) is 4.23. The molecule has 0 radical (unpaired) electrons. The van der Waals surface area contributed by atoms with Gasteiger partial charge in [-0.15, -0.1) is 13.2 Å². The summed E-state index contributed by atoms with van der Waals surface area (Å²) < 4.78 is 40.9. The molecule has 1 aromatic rings. The summed E-state index contributed by atoms with van der Waals surface area (Å²) >= 11 is 3.12. The van der Waals surface area contributed by atoms with Crippen LogP contribution in [0.4, 0.5) is 18.9 Å². The third-order valence-corrected chi connectivity index (χ3v) is 3.47. The molecule has 0 aromatic heterocycles. The van der Waals surface area contributed by atoms with Crippen molar-refractivity contribution in [1.29, 1.82) is 0 Å². The number of ether oxygens (including phenoxy) is 1. The predicted octanol–water partition coefficient (Wildman–Crippen LogP) is 2.00. The van der Waals surface area contributed by atoms with Crippen molar-refractivity contribution in [3.8, 4) is 5.75 Å². The Bertz CT molecular complexity index is 676. The number of imide groups is 1. The number of β-amino-alcohol motifs (C(OH)–C–C–N with tert-alkyl or cyclic N) is 1. The predicted molar refractivity (Wildman–Crippen MR) is 76.3 cm³/mol. The molecule has 0 bridgehead atoms. The van der Waals surface area contributed by atoms with Crippen LogP contribution in [-0.4, -0.2) is 41.3 Å². The zero-order valence-electron chi connectivity index (χ0n) is 11.4. The zero-order valence-corrected chi connectivity index (χ0v) is 12.9. The molecular weight excluding hydrogens is 385 g/mol. The molecule has 124 valence electrons. The number of rotatable bonds is 5. The van der Waals surface area contributed by atoms with Crippen LogP contribution in [0.5, 0.6) is 5.75 Å². The van der Waals surface area contributed by atoms with Crippen molar-refractivity contribution in [3.05, 3.63) is 34.4 Å². The molecule has 1 heterocycles. The van der Waals surface area contributed by atoms with Crippen molar-refractivity contribution in [1.82, 2.24) is 4.90 Å². The number of aliphatic hydroxyl groups excluding tert-OH is 1. The van der Waals surface area contributed by atoms with Crippen LogP contribution >= 0.6 is 15.9 Å². The van der Waals surface area contributed by atoms with Gasteiger partial charge in [-0.05, 0) is 28.1 Å². The fraction of sp³-hybridized carbons (Fsp3) is 0.231. The molecule has 1 aliphatic heterocycles. The maximum Gasteiger partial charge on any atom is 0.573 e. The van der Waals surface area contributed by atoms with Crippen molar-refractivity contribution in [2.45, 2.75) is 6.36 Å². The van der Waals surface area contributed by atoms with Crippen LogP contribution in [0.15, 0.2) is 34.4 Å². The van der Waals surface area contributed by atoms with E-state index in [9.17, 15) is 22.8 Å². The van der Waals surface area contributed by atoms with Crippen LogP contribution in [0.3, 0.4) is 0 Å². The first-order valence-corrected chi connectivity index (χ1v) is 7.01. The number of nitrogens with one attached hydrogen (secondary N) is 1. The summed E-state index contributed by atoms with van der Waals surface area (Å²) in [6.07, 6.45) is -3.84. The second kappa shape index (κ2) is 6.59. The van der Waals surface area contributed by atoms with E-state index in [0.717, 1.165) is 23.1 Å². The smallest absolute Gasteiger partial charge is 0.406 e. The standard InChI is InChI=1S/C13H10BrF3N2O4/c14-8-2-1-7(23-13(15,16)17)5-9(8)18-10-6-11(21)19(3-4-20)12(10)22/h1-2,5-6,18,20H,3-4H2. The van der Waals surface area contributed by atoms with Crippen LogP contribution in [0.1, 0.15) is 0 Å². The Kier molecular flexibility index (Phi) is 4.95. The van der Waals surface area contributed by atoms with Gasteiger partial charge in [-0.25, -0.2) is 0 Å². The monoisotopic (exact) mass is 394 g/mol. The highest BCUT2D eigenvalue weighted by Crippen LogP contribution is 2.32. The molecule has 2 N–H and O–H groups in total. The average molecular weight is 395 g/mol. The van der Waals surface area contributed by atoms with Gasteiger partial charge in [-0.1, -0.05) is 0 Å². The number of carbonyl (C=O) groups excluding carboxylic acids is 2. The molecule has 0 atom stereocenters. The molecule has 6 nitrogen and oxygen atoms in total. The molecule has 1 aromatic carbocycles. The van der Waals surface area contributed by atoms with E-state index in [1.807, 2.05) is 0 Å². The molecule has 0 aliphatic carbocycles. The van der Waals surface area contributed by atoms with E-state index < -0.39 is 30.5 Å². The van der Waals surface area contributed by atoms with Gasteiger partial charge in [-0.2, -0.15) is 0 Å². The maximum atomic E-state index is 12.2. The number of carbonyl (C=O) groups is 2. The minimum atomic E-state index is -4.85. The van der Waals surface area contributed by atoms with Gasteiger partial charge in [0, 0.05) is 16.6 Å². The number of benzene rings is 1. The highest BCUT2D eigenvalue weighted by atomic mass is 79.9. The number of halogens is 4. The molecule has 0 saturated heterocycles. The molecule has 23 heavy (non-hydrogen) atoms. The Morgan fingerprint density at radius 2 is 2.00 bits per heavy atom. The Morgan fingerprint density at radius 1 is 1.30 bits per heavy atom. The van der Waals surface area contributed by atoms with Crippen LogP contribution < -0.4 is 10.1 Å². The lowest BCUT2D eigenvalue weighted by molar-refractivity contribution is -0.274. The number of nitrogens with zero attached hydrogens (tertiary/aromatic N) is 1. The summed E-state index contributed by atoms with van der Waals surface area (Å²) in [6, 6.07) is 3.43. The summed E-state index contributed by atoms with van der Waals surface area (Å²) in [6.45, 7) is -0.561. The quantitative estimate of drug-likeness (QED) is 0.746. The number of anilines is 1. The van der Waals surface area contributed by atoms with Gasteiger partial charge in [-0.3, -0.25) is 14.5 Å². The zero-order chi connectivity index (χ0) is 17.2. The van der Waals surface area contributed by atoms with Crippen LogP contribution in [0.2, 0.25) is 0 Å². The highest BCUT2D eigenvalue weighted by Gasteiger charge is 2.32. The summed E-state index contributed by atoms with van der Waals surface area (Å²) in [5.74, 6) is -1.78. The van der Waals surface area contributed by atoms with Crippen molar-refractivity contribution in [2.75, 3.05) is 18.5 Å². The molecule has 0 spiro atoms. The summed E-state index contributed by atoms with van der Waals surface area (Å²) in [7, 11) is 0. The number of hydrogen-bond acceptors (Lipinski definition) is 5. The first kappa shape index (κ1) is 17.3. The van der Waals surface area contributed by atoms with Gasteiger partial charge in [0.2, 0.25) is 0 Å². The molecule has 0 fully saturated rings. The highest BCUT2D eigenvalue weighted by molar-refractivity contribution is 9.10. The molecule has 2 amide bonds. The lowest BCUT2D eigenvalue weighted by Gasteiger charge is -2.15. The topological polar surface area (TPSA) is 78.9 Å². The van der Waals surface area contributed by atoms with E-state index in [1.54, 1.807) is 0 Å². The number of alkyl halides is 3. The normalized spacial score (nSPS) is 15.0. The van der Waals surface area contributed by atoms with Gasteiger partial charge in [0.1, 0.15) is 11.4 Å². The number of hydrogen-bond donors (Lipinski definition) is 2. The van der Waals surface area contributed by atoms with E-state index in [1.165, 1.54) is 6.07 Å². The van der Waals surface area contributed by atoms with Crippen molar-refractivity contribution in [2.24, 2.45) is 0 Å². The Labute approximate surface area is 136 Å². The second-order valence-electron chi connectivity index (χ2n) is 4.39. The van der Waals surface area contributed by atoms with Crippen molar-refractivity contribution in [3.63, 3.8) is 0 Å². The average Bonchev–Trinajstić information content (AvgIpc) is 2.69. The fourth-order valence-corrected chi connectivity index (χ4v) is 2.20. The maximum absolute atomic E-state index is 12.2. The van der Waals surface area contributed by atoms with E-state index in [-0.39, 0.29) is 17.9 Å². The molecule has 2 rings (SSSR count). The van der Waals surface area contributed by atoms with Gasteiger partial charge in [0.25, 0.3) is 11.8 Å². The number of aliphatic hydroxyl groups is 1. The van der Waals surface area contributed by atoms with Gasteiger partial charge in [0.05, 0.1) is 18.8 Å². The van der Waals surface area contributed by atoms with Crippen molar-refractivity contribution >= 4 is 33.4 Å². The van der Waals surface area contributed by atoms with E-state index >= 15 is 0 Å². The van der Waals surface area contributed by atoms with Gasteiger partial charge in [0.15, 0.2) is 0 Å². The van der Waals surface area contributed by atoms with Gasteiger partial charge >= 0.3 is 6.36 Å². The second-order valence-corrected chi connectivity index (χ2v) is 5.25. The largest absolute Gasteiger partial charge is 0.573 e. The molecule has 0 unspecified atom stereocenters. The van der Waals surface area contributed by atoms with Gasteiger partial charge < -0.3 is 15.2 Å². The minimum absolute atomic E-state index is 0.116. The molecule has 1 aliphatic rings. The summed E-state index contributed by atoms with van der Waals surface area (Å²) in [5.41, 5.74) is -0.00157. The van der Waals surface area contributed by atoms with Crippen LogP contribution in [0.25, 0.3) is 0 Å². The van der Waals surface area contributed by atoms with E-state index in [2.05, 4.69) is 26.0 Å². The Balaban J connectivity index is 2.20. The molecule has 10 heteroatoms. The number of amides is 2. The molecule has 0 saturated carbocycles. The lowest BCUT2D eigenvalue weighted by Crippen LogP contribution is -2.34. The summed E-state index contributed by atoms with van der Waals surface area (Å²) in [5, 5.41) is 11.4. The first-order chi connectivity index (χ1) is 10.7. The Hall–Kier alpha value is -2.07. The first-order valence-electron chi connectivity index (χ1n) is 6.22. The van der Waals surface area contributed by atoms with Crippen LogP contribution in [-0.2, 0) is 9.59 Å². The van der Waals surface area contributed by atoms with E-state index in [0.29, 0.717) is 4.47 Å². The van der Waals surface area contributed by atoms with Crippen LogP contribution in [0, 0.1) is 0 Å². The van der Waals surface area contributed by atoms with Crippen molar-refractivity contribution < 1.29 is 32.6 Å². The fourth-order valence-electron chi connectivity index (χ4n) is 1.85. The third-order valence-electron chi connectivity index (χ3n) is 2.77. The minimum Gasteiger partial charge on any atom is -0.406 e.